The molecule has 1 aromatic rings. The van der Waals surface area contributed by atoms with E-state index < -0.39 is 13.2 Å². The Morgan fingerprint density at radius 3 is 2.38 bits per heavy atom. The van der Waals surface area contributed by atoms with Gasteiger partial charge in [0.05, 0.1) is 12.6 Å². The van der Waals surface area contributed by atoms with Crippen LogP contribution in [0.2, 0.25) is 0 Å². The zero-order valence-corrected chi connectivity index (χ0v) is 10.1. The van der Waals surface area contributed by atoms with Crippen molar-refractivity contribution in [3.05, 3.63) is 40.3 Å². The average molecular weight is 239 g/mol. The number of azide groups is 1. The third kappa shape index (κ3) is 3.11. The SMILES string of the molecule is CP(C)(=O)c1ccc(C(CO)N=[N+]=[N-])cc1. The van der Waals surface area contributed by atoms with Gasteiger partial charge in [-0.05, 0) is 24.4 Å². The minimum absolute atomic E-state index is 0.237. The van der Waals surface area contributed by atoms with Crippen LogP contribution in [-0.4, -0.2) is 25.0 Å². The number of benzene rings is 1. The van der Waals surface area contributed by atoms with E-state index in [0.29, 0.717) is 0 Å². The van der Waals surface area contributed by atoms with Gasteiger partial charge in [-0.15, -0.1) is 0 Å². The highest BCUT2D eigenvalue weighted by Crippen LogP contribution is 2.34. The Morgan fingerprint density at radius 2 is 2.00 bits per heavy atom. The van der Waals surface area contributed by atoms with Crippen LogP contribution in [0, 0.1) is 0 Å². The highest BCUT2D eigenvalue weighted by molar-refractivity contribution is 7.70. The van der Waals surface area contributed by atoms with Gasteiger partial charge in [0.2, 0.25) is 0 Å². The van der Waals surface area contributed by atoms with Gasteiger partial charge in [-0.2, -0.15) is 0 Å². The van der Waals surface area contributed by atoms with Crippen molar-refractivity contribution in [1.82, 2.24) is 0 Å². The van der Waals surface area contributed by atoms with Crippen LogP contribution in [0.3, 0.4) is 0 Å². The maximum atomic E-state index is 11.8. The Hall–Kier alpha value is -1.28. The first-order valence-electron chi connectivity index (χ1n) is 4.79. The number of aliphatic hydroxyl groups excluding tert-OH is 1. The first-order valence-corrected chi connectivity index (χ1v) is 7.39. The van der Waals surface area contributed by atoms with E-state index in [1.165, 1.54) is 0 Å². The molecule has 1 atom stereocenters. The standard InChI is InChI=1S/C10H14N3O2P/c1-16(2,15)9-5-3-8(4-6-9)10(7-14)12-13-11/h3-6,10,14H,7H2,1-2H3. The summed E-state index contributed by atoms with van der Waals surface area (Å²) < 4.78 is 11.8. The van der Waals surface area contributed by atoms with Crippen molar-refractivity contribution in [2.75, 3.05) is 19.9 Å². The highest BCUT2D eigenvalue weighted by Gasteiger charge is 2.12. The number of rotatable bonds is 4. The molecule has 5 nitrogen and oxygen atoms in total. The first kappa shape index (κ1) is 12.8. The summed E-state index contributed by atoms with van der Waals surface area (Å²) in [6.07, 6.45) is 0. The summed E-state index contributed by atoms with van der Waals surface area (Å²) >= 11 is 0. The van der Waals surface area contributed by atoms with E-state index in [1.807, 2.05) is 0 Å². The molecule has 0 radical (unpaired) electrons. The zero-order chi connectivity index (χ0) is 12.2. The molecule has 0 aliphatic rings. The zero-order valence-electron chi connectivity index (χ0n) is 9.24. The van der Waals surface area contributed by atoms with E-state index in [-0.39, 0.29) is 6.61 Å². The lowest BCUT2D eigenvalue weighted by Gasteiger charge is -2.11. The van der Waals surface area contributed by atoms with Crippen LogP contribution in [0.5, 0.6) is 0 Å². The summed E-state index contributed by atoms with van der Waals surface area (Å²) in [4.78, 5) is 2.66. The molecule has 0 heterocycles. The Morgan fingerprint density at radius 1 is 1.44 bits per heavy atom. The number of aliphatic hydroxyl groups is 1. The van der Waals surface area contributed by atoms with E-state index >= 15 is 0 Å². The molecule has 0 saturated heterocycles. The molecule has 16 heavy (non-hydrogen) atoms. The smallest absolute Gasteiger partial charge is 0.109 e. The van der Waals surface area contributed by atoms with Crippen molar-refractivity contribution in [1.29, 1.82) is 0 Å². The lowest BCUT2D eigenvalue weighted by atomic mass is 10.1. The predicted molar refractivity (Wildman–Crippen MR) is 64.5 cm³/mol. The fourth-order valence-corrected chi connectivity index (χ4v) is 2.19. The second kappa shape index (κ2) is 5.17. The van der Waals surface area contributed by atoms with Crippen LogP contribution < -0.4 is 5.30 Å². The molecule has 1 rings (SSSR count). The van der Waals surface area contributed by atoms with Gasteiger partial charge in [0.1, 0.15) is 7.14 Å². The molecule has 0 aliphatic heterocycles. The summed E-state index contributed by atoms with van der Waals surface area (Å²) in [5.41, 5.74) is 9.04. The van der Waals surface area contributed by atoms with Gasteiger partial charge in [0.15, 0.2) is 0 Å². The quantitative estimate of drug-likeness (QED) is 0.378. The van der Waals surface area contributed by atoms with Gasteiger partial charge in [0.25, 0.3) is 0 Å². The molecular formula is C10H14N3O2P. The summed E-state index contributed by atoms with van der Waals surface area (Å²) in [6.45, 7) is 3.15. The molecule has 0 aromatic heterocycles. The minimum Gasteiger partial charge on any atom is -0.396 e. The topological polar surface area (TPSA) is 86.1 Å². The van der Waals surface area contributed by atoms with Gasteiger partial charge in [-0.3, -0.25) is 0 Å². The lowest BCUT2D eigenvalue weighted by molar-refractivity contribution is 0.268. The Labute approximate surface area is 94.1 Å². The molecule has 6 heteroatoms. The molecule has 0 spiro atoms. The van der Waals surface area contributed by atoms with E-state index in [2.05, 4.69) is 10.0 Å². The predicted octanol–water partition coefficient (Wildman–Crippen LogP) is 2.28. The van der Waals surface area contributed by atoms with E-state index in [1.54, 1.807) is 37.6 Å². The van der Waals surface area contributed by atoms with Gasteiger partial charge in [0, 0.05) is 10.2 Å². The third-order valence-electron chi connectivity index (χ3n) is 2.26. The van der Waals surface area contributed by atoms with Crippen molar-refractivity contribution < 1.29 is 9.67 Å². The van der Waals surface area contributed by atoms with Gasteiger partial charge in [-0.1, -0.05) is 29.4 Å². The maximum Gasteiger partial charge on any atom is 0.109 e. The van der Waals surface area contributed by atoms with E-state index in [4.69, 9.17) is 10.6 Å². The molecule has 1 unspecified atom stereocenters. The van der Waals surface area contributed by atoms with Crippen molar-refractivity contribution in [3.63, 3.8) is 0 Å². The van der Waals surface area contributed by atoms with Crippen molar-refractivity contribution in [3.8, 4) is 0 Å². The largest absolute Gasteiger partial charge is 0.396 e. The monoisotopic (exact) mass is 239 g/mol. The summed E-state index contributed by atoms with van der Waals surface area (Å²) in [5.74, 6) is 0. The van der Waals surface area contributed by atoms with Gasteiger partial charge < -0.3 is 9.67 Å². The van der Waals surface area contributed by atoms with Crippen molar-refractivity contribution >= 4 is 12.4 Å². The van der Waals surface area contributed by atoms with Crippen molar-refractivity contribution in [2.45, 2.75) is 6.04 Å². The average Bonchev–Trinajstić information content (AvgIpc) is 2.25. The van der Waals surface area contributed by atoms with Gasteiger partial charge >= 0.3 is 0 Å². The normalized spacial score (nSPS) is 12.9. The van der Waals surface area contributed by atoms with Crippen LogP contribution in [0.25, 0.3) is 10.4 Å². The fourth-order valence-electron chi connectivity index (χ4n) is 1.33. The Bertz CT molecular complexity index is 446. The fraction of sp³-hybridized carbons (Fsp3) is 0.400. The second-order valence-corrected chi connectivity index (χ2v) is 7.06. The molecule has 0 aliphatic carbocycles. The lowest BCUT2D eigenvalue weighted by Crippen LogP contribution is -2.05. The second-order valence-electron chi connectivity index (χ2n) is 3.85. The first-order chi connectivity index (χ1) is 7.49. The molecule has 0 fully saturated rings. The van der Waals surface area contributed by atoms with E-state index in [9.17, 15) is 4.57 Å². The number of hydrogen-bond donors (Lipinski definition) is 1. The number of nitrogens with zero attached hydrogens (tertiary/aromatic N) is 3. The molecule has 1 aromatic carbocycles. The molecule has 0 amide bonds. The van der Waals surface area contributed by atoms with Crippen LogP contribution in [0.1, 0.15) is 11.6 Å². The molecule has 86 valence electrons. The Kier molecular flexibility index (Phi) is 4.13. The van der Waals surface area contributed by atoms with Crippen LogP contribution in [0.4, 0.5) is 0 Å². The van der Waals surface area contributed by atoms with Crippen LogP contribution in [-0.2, 0) is 4.57 Å². The van der Waals surface area contributed by atoms with Crippen LogP contribution >= 0.6 is 7.14 Å². The van der Waals surface area contributed by atoms with Crippen LogP contribution in [0.15, 0.2) is 29.4 Å². The summed E-state index contributed by atoms with van der Waals surface area (Å²) in [7, 11) is -2.26. The highest BCUT2D eigenvalue weighted by atomic mass is 31.2. The number of hydrogen-bond acceptors (Lipinski definition) is 3. The maximum absolute atomic E-state index is 11.8. The summed E-state index contributed by atoms with van der Waals surface area (Å²) in [5, 5.41) is 13.3. The molecular weight excluding hydrogens is 225 g/mol. The van der Waals surface area contributed by atoms with E-state index in [0.717, 1.165) is 10.9 Å². The Balaban J connectivity index is 3.02. The molecule has 1 N–H and O–H groups in total. The van der Waals surface area contributed by atoms with Crippen molar-refractivity contribution in [2.24, 2.45) is 5.11 Å². The minimum atomic E-state index is -2.26. The third-order valence-corrected chi connectivity index (χ3v) is 3.81. The van der Waals surface area contributed by atoms with Gasteiger partial charge in [-0.25, -0.2) is 0 Å². The molecule has 0 bridgehead atoms. The summed E-state index contributed by atoms with van der Waals surface area (Å²) in [6, 6.07) is 6.36. The molecule has 0 saturated carbocycles.